The summed E-state index contributed by atoms with van der Waals surface area (Å²) >= 11 is 0. The first-order chi connectivity index (χ1) is 13.6. The highest BCUT2D eigenvalue weighted by Gasteiger charge is 2.40. The van der Waals surface area contributed by atoms with E-state index >= 15 is 0 Å². The summed E-state index contributed by atoms with van der Waals surface area (Å²) < 4.78 is 1.79. The molecule has 3 aliphatic rings. The smallest absolute Gasteiger partial charge is 0.329 e. The number of nitrogens with zero attached hydrogens (tertiary/aromatic N) is 4. The highest BCUT2D eigenvalue weighted by atomic mass is 16.2. The van der Waals surface area contributed by atoms with Crippen molar-refractivity contribution in [3.05, 3.63) is 38.5 Å². The molecule has 0 unspecified atom stereocenters. The Morgan fingerprint density at radius 2 is 1.93 bits per heavy atom. The molecule has 1 aromatic carbocycles. The third kappa shape index (κ3) is 2.83. The fourth-order valence-electron chi connectivity index (χ4n) is 4.64. The molecule has 0 atom stereocenters. The van der Waals surface area contributed by atoms with Crippen LogP contribution >= 0.6 is 0 Å². The lowest BCUT2D eigenvalue weighted by Gasteiger charge is -2.47. The Bertz CT molecular complexity index is 1080. The molecule has 2 aliphatic carbocycles. The Balaban J connectivity index is 1.46. The monoisotopic (exact) mass is 379 g/mol. The third-order valence-electron chi connectivity index (χ3n) is 6.41. The van der Waals surface area contributed by atoms with Crippen LogP contribution in [0.25, 0.3) is 10.9 Å². The number of aryl methyl sites for hydroxylation is 1. The van der Waals surface area contributed by atoms with Crippen molar-refractivity contribution in [2.24, 2.45) is 0 Å². The topological polar surface area (TPSA) is 85.1 Å². The highest BCUT2D eigenvalue weighted by molar-refractivity contribution is 5.87. The van der Waals surface area contributed by atoms with Gasteiger partial charge in [-0.05, 0) is 50.3 Å². The van der Waals surface area contributed by atoms with E-state index in [1.807, 2.05) is 19.1 Å². The van der Waals surface area contributed by atoms with Gasteiger partial charge in [0.1, 0.15) is 0 Å². The molecule has 146 valence electrons. The third-order valence-corrected chi connectivity index (χ3v) is 6.41. The van der Waals surface area contributed by atoms with Crippen LogP contribution in [0.3, 0.4) is 0 Å². The molecule has 0 amide bonds. The predicted octanol–water partition coefficient (Wildman–Crippen LogP) is 1.90. The summed E-state index contributed by atoms with van der Waals surface area (Å²) in [5, 5.41) is 9.53. The van der Waals surface area contributed by atoms with E-state index in [0.29, 0.717) is 23.9 Å². The quantitative estimate of drug-likeness (QED) is 0.829. The van der Waals surface area contributed by atoms with Crippen molar-refractivity contribution in [1.29, 1.82) is 5.26 Å². The lowest BCUT2D eigenvalue weighted by atomic mass is 10.0. The number of anilines is 1. The lowest BCUT2D eigenvalue weighted by Crippen LogP contribution is -2.60. The fraction of sp³-hybridized carbons (Fsp3) is 0.571. The van der Waals surface area contributed by atoms with Crippen molar-refractivity contribution in [1.82, 2.24) is 14.5 Å². The molecule has 0 bridgehead atoms. The van der Waals surface area contributed by atoms with Crippen LogP contribution in [0.4, 0.5) is 5.69 Å². The number of fused-ring (bicyclic) bond motifs is 1. The van der Waals surface area contributed by atoms with Gasteiger partial charge in [0.2, 0.25) is 0 Å². The Labute approximate surface area is 163 Å². The Hall–Kier alpha value is -2.59. The van der Waals surface area contributed by atoms with Gasteiger partial charge in [0, 0.05) is 49.9 Å². The maximum absolute atomic E-state index is 12.4. The van der Waals surface area contributed by atoms with Gasteiger partial charge in [-0.1, -0.05) is 0 Å². The van der Waals surface area contributed by atoms with Crippen LogP contribution in [0.1, 0.15) is 43.7 Å². The van der Waals surface area contributed by atoms with E-state index in [0.717, 1.165) is 49.2 Å². The number of H-pyrrole nitrogens is 1. The Morgan fingerprint density at radius 1 is 1.18 bits per heavy atom. The van der Waals surface area contributed by atoms with Crippen LogP contribution in [-0.4, -0.2) is 46.2 Å². The van der Waals surface area contributed by atoms with Gasteiger partial charge in [0.25, 0.3) is 5.56 Å². The molecule has 2 saturated carbocycles. The number of nitriles is 1. The van der Waals surface area contributed by atoms with E-state index in [1.54, 1.807) is 4.57 Å². The van der Waals surface area contributed by atoms with Gasteiger partial charge in [0.15, 0.2) is 0 Å². The molecular formula is C21H25N5O2. The van der Waals surface area contributed by atoms with E-state index < -0.39 is 0 Å². The average Bonchev–Trinajstić information content (AvgIpc) is 3.52. The zero-order chi connectivity index (χ0) is 19.4. The molecule has 2 heterocycles. The molecule has 1 N–H and O–H groups in total. The molecule has 1 aliphatic heterocycles. The van der Waals surface area contributed by atoms with Gasteiger partial charge in [0.05, 0.1) is 17.0 Å². The standard InChI is InChI=1S/C21H25N5O2/c1-13-18(24-11-16(12-24)25(10-2-9-22)14-3-4-14)8-7-17-19(13)26(15-5-6-15)21(28)23-20(17)27/h7-8,14-16H,2-6,10-12H2,1H3,(H,23,27,28). The zero-order valence-electron chi connectivity index (χ0n) is 16.1. The molecule has 7 heteroatoms. The first kappa shape index (κ1) is 17.5. The van der Waals surface area contributed by atoms with Crippen molar-refractivity contribution in [2.45, 2.75) is 57.2 Å². The van der Waals surface area contributed by atoms with E-state index in [9.17, 15) is 9.59 Å². The predicted molar refractivity (Wildman–Crippen MR) is 108 cm³/mol. The Kier molecular flexibility index (Phi) is 4.06. The number of hydrogen-bond donors (Lipinski definition) is 1. The highest BCUT2D eigenvalue weighted by Crippen LogP contribution is 2.39. The zero-order valence-corrected chi connectivity index (χ0v) is 16.1. The second-order valence-electron chi connectivity index (χ2n) is 8.40. The molecule has 1 aromatic heterocycles. The normalized spacial score (nSPS) is 19.8. The summed E-state index contributed by atoms with van der Waals surface area (Å²) in [7, 11) is 0. The molecule has 1 saturated heterocycles. The van der Waals surface area contributed by atoms with E-state index in [-0.39, 0.29) is 17.3 Å². The molecular weight excluding hydrogens is 354 g/mol. The van der Waals surface area contributed by atoms with Gasteiger partial charge in [-0.25, -0.2) is 4.79 Å². The van der Waals surface area contributed by atoms with Gasteiger partial charge >= 0.3 is 5.69 Å². The first-order valence-electron chi connectivity index (χ1n) is 10.2. The molecule has 0 radical (unpaired) electrons. The number of aromatic nitrogens is 2. The van der Waals surface area contributed by atoms with Crippen LogP contribution in [0.2, 0.25) is 0 Å². The maximum atomic E-state index is 12.4. The number of benzene rings is 1. The summed E-state index contributed by atoms with van der Waals surface area (Å²) in [6.07, 6.45) is 5.05. The first-order valence-corrected chi connectivity index (χ1v) is 10.2. The lowest BCUT2D eigenvalue weighted by molar-refractivity contribution is 0.160. The summed E-state index contributed by atoms with van der Waals surface area (Å²) in [5.74, 6) is 0. The largest absolute Gasteiger partial charge is 0.368 e. The van der Waals surface area contributed by atoms with Crippen molar-refractivity contribution in [2.75, 3.05) is 24.5 Å². The molecule has 3 fully saturated rings. The molecule has 2 aromatic rings. The van der Waals surface area contributed by atoms with Gasteiger partial charge in [-0.3, -0.25) is 19.2 Å². The van der Waals surface area contributed by atoms with Crippen LogP contribution in [0.15, 0.2) is 21.7 Å². The molecule has 7 nitrogen and oxygen atoms in total. The molecule has 28 heavy (non-hydrogen) atoms. The van der Waals surface area contributed by atoms with Gasteiger partial charge in [-0.2, -0.15) is 5.26 Å². The minimum absolute atomic E-state index is 0.210. The summed E-state index contributed by atoms with van der Waals surface area (Å²) in [4.78, 5) is 32.1. The minimum Gasteiger partial charge on any atom is -0.368 e. The van der Waals surface area contributed by atoms with Gasteiger partial charge in [-0.15, -0.1) is 0 Å². The summed E-state index contributed by atoms with van der Waals surface area (Å²) in [5.41, 5.74) is 2.32. The van der Waals surface area contributed by atoms with Crippen molar-refractivity contribution in [3.8, 4) is 6.07 Å². The van der Waals surface area contributed by atoms with Crippen LogP contribution < -0.4 is 16.1 Å². The summed E-state index contributed by atoms with van der Waals surface area (Å²) in [6.45, 7) is 4.75. The fourth-order valence-corrected chi connectivity index (χ4v) is 4.64. The number of aromatic amines is 1. The van der Waals surface area contributed by atoms with Crippen molar-refractivity contribution >= 4 is 16.6 Å². The number of hydrogen-bond acceptors (Lipinski definition) is 5. The van der Waals surface area contributed by atoms with Crippen LogP contribution in [-0.2, 0) is 0 Å². The SMILES string of the molecule is Cc1c(N2CC(N(CCC#N)C3CC3)C2)ccc2c(=O)[nH]c(=O)n(C3CC3)c12. The molecule has 5 rings (SSSR count). The molecule has 0 spiro atoms. The second kappa shape index (κ2) is 6.49. The number of nitrogens with one attached hydrogen (secondary N) is 1. The average molecular weight is 379 g/mol. The Morgan fingerprint density at radius 3 is 2.57 bits per heavy atom. The van der Waals surface area contributed by atoms with Crippen LogP contribution in [0.5, 0.6) is 0 Å². The maximum Gasteiger partial charge on any atom is 0.329 e. The van der Waals surface area contributed by atoms with Crippen LogP contribution in [0, 0.1) is 18.3 Å². The second-order valence-corrected chi connectivity index (χ2v) is 8.40. The van der Waals surface area contributed by atoms with Gasteiger partial charge < -0.3 is 4.90 Å². The van der Waals surface area contributed by atoms with E-state index in [1.165, 1.54) is 12.8 Å². The van der Waals surface area contributed by atoms with Crippen molar-refractivity contribution in [3.63, 3.8) is 0 Å². The van der Waals surface area contributed by atoms with E-state index in [2.05, 4.69) is 20.9 Å². The van der Waals surface area contributed by atoms with E-state index in [4.69, 9.17) is 5.26 Å². The van der Waals surface area contributed by atoms with Crippen molar-refractivity contribution < 1.29 is 0 Å². The number of rotatable bonds is 6. The minimum atomic E-state index is -0.301. The summed E-state index contributed by atoms with van der Waals surface area (Å²) in [6, 6.07) is 7.49.